The molecule has 1 aromatic heterocycles. The van der Waals surface area contributed by atoms with Crippen LogP contribution in [0.3, 0.4) is 0 Å². The van der Waals surface area contributed by atoms with E-state index in [4.69, 9.17) is 16.3 Å². The highest BCUT2D eigenvalue weighted by Gasteiger charge is 2.42. The second-order valence-corrected chi connectivity index (χ2v) is 12.4. The van der Waals surface area contributed by atoms with Gasteiger partial charge in [0, 0.05) is 37.4 Å². The number of phenolic OH excluding ortho intramolecular Hbond substituents is 2. The van der Waals surface area contributed by atoms with Crippen molar-refractivity contribution in [3.8, 4) is 17.2 Å². The van der Waals surface area contributed by atoms with Crippen molar-refractivity contribution in [3.05, 3.63) is 80.9 Å². The number of carboxylic acid groups (broad SMARTS) is 1. The Hall–Kier alpha value is -6.09. The van der Waals surface area contributed by atoms with Gasteiger partial charge in [0.25, 0.3) is 5.91 Å². The Kier molecular flexibility index (Phi) is 11.5. The summed E-state index contributed by atoms with van der Waals surface area (Å²) >= 11 is 6.12. The summed E-state index contributed by atoms with van der Waals surface area (Å²) in [6, 6.07) is 0.298. The molecule has 5 rings (SSSR count). The Labute approximate surface area is 307 Å². The summed E-state index contributed by atoms with van der Waals surface area (Å²) in [6.45, 7) is 0.903. The molecule has 54 heavy (non-hydrogen) atoms. The maximum atomic E-state index is 14.6. The maximum absolute atomic E-state index is 14.6. The van der Waals surface area contributed by atoms with Gasteiger partial charge in [0.1, 0.15) is 23.2 Å². The largest absolute Gasteiger partial charge is 0.547 e. The molecule has 284 valence electrons. The Bertz CT molecular complexity index is 2080. The van der Waals surface area contributed by atoms with Crippen LogP contribution in [0.2, 0.25) is 5.02 Å². The van der Waals surface area contributed by atoms with Crippen LogP contribution < -0.4 is 20.6 Å². The van der Waals surface area contributed by atoms with Crippen LogP contribution in [0.5, 0.6) is 17.2 Å². The predicted molar refractivity (Wildman–Crippen MR) is 178 cm³/mol. The first kappa shape index (κ1) is 39.1. The number of amides is 6. The number of nitrogens with one attached hydrogen (secondary N) is 3. The minimum atomic E-state index is -2.08. The van der Waals surface area contributed by atoms with Gasteiger partial charge in [-0.1, -0.05) is 17.7 Å². The molecule has 2 aromatic carbocycles. The third-order valence-corrected chi connectivity index (χ3v) is 8.87. The normalized spacial score (nSPS) is 16.0. The van der Waals surface area contributed by atoms with Crippen molar-refractivity contribution in [1.82, 2.24) is 30.7 Å². The second kappa shape index (κ2) is 15.9. The number of hydrogen-bond donors (Lipinski definition) is 7. The van der Waals surface area contributed by atoms with Crippen molar-refractivity contribution in [2.45, 2.75) is 31.7 Å². The lowest BCUT2D eigenvalue weighted by atomic mass is 9.72. The minimum absolute atomic E-state index is 0.0146. The van der Waals surface area contributed by atoms with Crippen LogP contribution in [0.1, 0.15) is 50.0 Å². The minimum Gasteiger partial charge on any atom is -0.534 e. The molecule has 0 bridgehead atoms. The number of rotatable bonds is 10. The highest BCUT2D eigenvalue weighted by Crippen LogP contribution is 2.40. The Morgan fingerprint density at radius 1 is 1.06 bits per heavy atom. The lowest BCUT2D eigenvalue weighted by molar-refractivity contribution is -0.153. The Morgan fingerprint density at radius 3 is 2.48 bits per heavy atom. The van der Waals surface area contributed by atoms with E-state index < -0.39 is 112 Å². The smallest absolute Gasteiger partial charge is 0.534 e. The third kappa shape index (κ3) is 7.95. The highest BCUT2D eigenvalue weighted by atomic mass is 35.5. The average molecular weight is 777 g/mol. The molecule has 2 aliphatic rings. The van der Waals surface area contributed by atoms with Crippen molar-refractivity contribution in [2.24, 2.45) is 0 Å². The van der Waals surface area contributed by atoms with E-state index >= 15 is 0 Å². The molecule has 2 aliphatic heterocycles. The number of phenols is 2. The van der Waals surface area contributed by atoms with Crippen LogP contribution in [0.15, 0.2) is 30.5 Å². The number of hydrogen-bond acceptors (Lipinski definition) is 11. The van der Waals surface area contributed by atoms with Gasteiger partial charge < -0.3 is 45.8 Å². The van der Waals surface area contributed by atoms with Gasteiger partial charge in [-0.25, -0.2) is 22.8 Å². The Morgan fingerprint density at radius 2 is 1.78 bits per heavy atom. The molecule has 0 aliphatic carbocycles. The molecule has 22 heteroatoms. The van der Waals surface area contributed by atoms with Crippen molar-refractivity contribution >= 4 is 54.3 Å². The highest BCUT2D eigenvalue weighted by molar-refractivity contribution is 6.47. The summed E-state index contributed by atoms with van der Waals surface area (Å²) in [5, 5.41) is 46.1. The fraction of sp³-hybridized carbons (Fsp3) is 0.281. The number of urea groups is 1. The quantitative estimate of drug-likeness (QED) is 0.0659. The van der Waals surface area contributed by atoms with E-state index in [9.17, 15) is 62.3 Å². The second-order valence-electron chi connectivity index (χ2n) is 12.0. The summed E-state index contributed by atoms with van der Waals surface area (Å²) in [6.07, 6.45) is 0.692. The number of carbonyl (C=O) groups is 6. The molecular formula is C32H29BClF3N6O11. The molecule has 1 fully saturated rings. The number of aromatic carboxylic acids is 1. The molecular weight excluding hydrogens is 748 g/mol. The van der Waals surface area contributed by atoms with Gasteiger partial charge in [0.05, 0.1) is 22.7 Å². The molecule has 1 saturated heterocycles. The van der Waals surface area contributed by atoms with Gasteiger partial charge in [-0.15, -0.1) is 0 Å². The number of halogens is 4. The lowest BCUT2D eigenvalue weighted by Crippen LogP contribution is -2.60. The zero-order chi connectivity index (χ0) is 39.6. The fourth-order valence-corrected chi connectivity index (χ4v) is 5.96. The predicted octanol–water partition coefficient (Wildman–Crippen LogP) is 0.951. The topological polar surface area (TPSA) is 248 Å². The molecule has 6 amide bonds. The van der Waals surface area contributed by atoms with Crippen LogP contribution in [-0.4, -0.2) is 110 Å². The number of carbonyl (C=O) groups excluding carboxylic acids is 5. The van der Waals surface area contributed by atoms with Crippen LogP contribution in [-0.2, 0) is 20.8 Å². The van der Waals surface area contributed by atoms with Crippen molar-refractivity contribution in [2.75, 3.05) is 26.2 Å². The number of piperazine rings is 1. The summed E-state index contributed by atoms with van der Waals surface area (Å²) in [4.78, 5) is 82.3. The average Bonchev–Trinajstić information content (AvgIpc) is 3.12. The van der Waals surface area contributed by atoms with Crippen LogP contribution >= 0.6 is 11.6 Å². The fourth-order valence-electron chi connectivity index (χ4n) is 5.71. The standard InChI is InChI=1S/C32H29BClF3N6O11/c1-13-9-15(19(37)12-39-13)27(46)38-5-2-6-42-7-8-43(30(49)29(42)48)32(52)41-23(16-11-18(36)24(44)25(45)22(16)34)28(47)40-20-10-14-3-4-17(35)21(31(50)51)26(14)54-33(20)53/h3-4,9,11-12,20,23,44-45,53H,2,5-8,10H2,1H3,(H,38,46)(H,40,47)(H,41,52)(H,50,51)/t20-,23?/m0/s1. The number of carboxylic acids is 1. The van der Waals surface area contributed by atoms with Crippen LogP contribution in [0.25, 0.3) is 0 Å². The molecule has 0 spiro atoms. The molecule has 0 radical (unpaired) electrons. The van der Waals surface area contributed by atoms with Gasteiger partial charge in [-0.3, -0.25) is 29.1 Å². The van der Waals surface area contributed by atoms with Crippen molar-refractivity contribution in [1.29, 1.82) is 0 Å². The molecule has 3 aromatic rings. The monoisotopic (exact) mass is 776 g/mol. The molecule has 7 N–H and O–H groups in total. The van der Waals surface area contributed by atoms with Gasteiger partial charge in [-0.2, -0.15) is 0 Å². The summed E-state index contributed by atoms with van der Waals surface area (Å²) in [5.41, 5.74) is -1.28. The van der Waals surface area contributed by atoms with E-state index in [1.165, 1.54) is 6.07 Å². The number of imide groups is 1. The SMILES string of the molecule is Cc1cc(C(=O)NCCCN2CCN(C(=O)NC(C(=O)N[C@H]3Cc4ccc(F)c(C(=O)O)c4OB3O)c3cc(F)c(O)c(O)c3Cl)C(=O)C2=O)c(F)cn1. The summed E-state index contributed by atoms with van der Waals surface area (Å²) in [5.74, 6) is -14.0. The third-order valence-electron chi connectivity index (χ3n) is 8.47. The van der Waals surface area contributed by atoms with Gasteiger partial charge in [0.15, 0.2) is 23.1 Å². The van der Waals surface area contributed by atoms with Crippen LogP contribution in [0, 0.1) is 24.4 Å². The number of fused-ring (bicyclic) bond motifs is 1. The van der Waals surface area contributed by atoms with E-state index in [1.54, 1.807) is 6.92 Å². The first-order valence-corrected chi connectivity index (χ1v) is 16.3. The molecule has 2 atom stereocenters. The maximum Gasteiger partial charge on any atom is 0.547 e. The summed E-state index contributed by atoms with van der Waals surface area (Å²) < 4.78 is 48.0. The number of nitrogens with zero attached hydrogens (tertiary/aromatic N) is 3. The van der Waals surface area contributed by atoms with E-state index in [0.29, 0.717) is 16.7 Å². The number of aromatic hydroxyl groups is 2. The van der Waals surface area contributed by atoms with Gasteiger partial charge in [0.2, 0.25) is 5.91 Å². The molecule has 0 saturated carbocycles. The van der Waals surface area contributed by atoms with Crippen molar-refractivity contribution < 1.29 is 66.9 Å². The lowest BCUT2D eigenvalue weighted by Gasteiger charge is -2.34. The molecule has 1 unspecified atom stereocenters. The molecule has 3 heterocycles. The zero-order valence-electron chi connectivity index (χ0n) is 27.9. The van der Waals surface area contributed by atoms with E-state index in [2.05, 4.69) is 20.9 Å². The number of aryl methyl sites for hydroxylation is 1. The molecule has 17 nitrogen and oxygen atoms in total. The van der Waals surface area contributed by atoms with E-state index in [-0.39, 0.29) is 43.6 Å². The zero-order valence-corrected chi connectivity index (χ0v) is 28.6. The first-order chi connectivity index (χ1) is 25.5. The first-order valence-electron chi connectivity index (χ1n) is 15.9. The Balaban J connectivity index is 1.28. The number of aromatic nitrogens is 1. The van der Waals surface area contributed by atoms with Crippen molar-refractivity contribution in [3.63, 3.8) is 0 Å². The van der Waals surface area contributed by atoms with E-state index in [1.807, 2.05) is 0 Å². The van der Waals surface area contributed by atoms with E-state index in [0.717, 1.165) is 23.2 Å². The van der Waals surface area contributed by atoms with Crippen LogP contribution in [0.4, 0.5) is 18.0 Å². The number of benzene rings is 2. The van der Waals surface area contributed by atoms with Gasteiger partial charge in [-0.05, 0) is 43.5 Å². The van der Waals surface area contributed by atoms with Gasteiger partial charge >= 0.3 is 30.9 Å². The summed E-state index contributed by atoms with van der Waals surface area (Å²) in [7, 11) is -1.99. The number of pyridine rings is 1.